The molecule has 1 amide bonds. The van der Waals surface area contributed by atoms with Crippen LogP contribution in [0.4, 0.5) is 4.79 Å². The van der Waals surface area contributed by atoms with Crippen molar-refractivity contribution in [3.05, 3.63) is 0 Å². The van der Waals surface area contributed by atoms with Gasteiger partial charge in [-0.3, -0.25) is 0 Å². The van der Waals surface area contributed by atoms with Crippen LogP contribution in [0.3, 0.4) is 0 Å². The first kappa shape index (κ1) is 14.3. The number of hydrogen-bond donors (Lipinski definition) is 0. The van der Waals surface area contributed by atoms with Gasteiger partial charge in [0.25, 0.3) is 0 Å². The summed E-state index contributed by atoms with van der Waals surface area (Å²) < 4.78 is 5.33. The summed E-state index contributed by atoms with van der Waals surface area (Å²) >= 11 is 0. The minimum Gasteiger partial charge on any atom is -0.444 e. The van der Waals surface area contributed by atoms with E-state index in [4.69, 9.17) is 4.74 Å². The summed E-state index contributed by atoms with van der Waals surface area (Å²) in [6, 6.07) is 0. The Morgan fingerprint density at radius 1 is 1.24 bits per heavy atom. The smallest absolute Gasteiger partial charge is 0.410 e. The largest absolute Gasteiger partial charge is 0.444 e. The predicted octanol–water partition coefficient (Wildman–Crippen LogP) is 3.82. The minimum absolute atomic E-state index is 0.201. The fraction of sp³-hybridized carbons (Fsp3) is 0.929. The van der Waals surface area contributed by atoms with E-state index in [0.29, 0.717) is 0 Å². The van der Waals surface area contributed by atoms with Gasteiger partial charge in [-0.1, -0.05) is 32.1 Å². The molecule has 0 aromatic heterocycles. The molecule has 100 valence electrons. The molecule has 1 aliphatic rings. The molecule has 1 rings (SSSR count). The van der Waals surface area contributed by atoms with Gasteiger partial charge < -0.3 is 9.64 Å². The molecule has 0 aliphatic heterocycles. The van der Waals surface area contributed by atoms with Crippen LogP contribution in [0.25, 0.3) is 0 Å². The van der Waals surface area contributed by atoms with Gasteiger partial charge in [0.05, 0.1) is 0 Å². The van der Waals surface area contributed by atoms with Crippen LogP contribution in [0.2, 0.25) is 0 Å². The molecule has 1 aliphatic carbocycles. The quantitative estimate of drug-likeness (QED) is 0.751. The Kier molecular flexibility index (Phi) is 5.29. The van der Waals surface area contributed by atoms with Crippen molar-refractivity contribution >= 4 is 6.09 Å². The van der Waals surface area contributed by atoms with Gasteiger partial charge in [-0.15, -0.1) is 0 Å². The normalized spacial score (nSPS) is 17.9. The van der Waals surface area contributed by atoms with Crippen LogP contribution in [-0.2, 0) is 4.74 Å². The highest BCUT2D eigenvalue weighted by Gasteiger charge is 2.20. The maximum absolute atomic E-state index is 11.7. The van der Waals surface area contributed by atoms with Gasteiger partial charge in [0.2, 0.25) is 0 Å². The van der Waals surface area contributed by atoms with Gasteiger partial charge in [0.15, 0.2) is 0 Å². The molecule has 3 nitrogen and oxygen atoms in total. The monoisotopic (exact) mass is 241 g/mol. The number of carbonyl (C=O) groups is 1. The van der Waals surface area contributed by atoms with E-state index in [1.165, 1.54) is 32.1 Å². The van der Waals surface area contributed by atoms with Crippen molar-refractivity contribution in [2.75, 3.05) is 13.6 Å². The first-order chi connectivity index (χ1) is 7.88. The van der Waals surface area contributed by atoms with Crippen molar-refractivity contribution in [2.24, 2.45) is 5.92 Å². The highest BCUT2D eigenvalue weighted by atomic mass is 16.6. The SMILES string of the molecule is CN(CCC1CCCCC1)C(=O)OC(C)(C)C. The summed E-state index contributed by atoms with van der Waals surface area (Å²) in [4.78, 5) is 13.4. The molecule has 1 fully saturated rings. The number of amides is 1. The van der Waals surface area contributed by atoms with Crippen molar-refractivity contribution in [3.63, 3.8) is 0 Å². The third-order valence-electron chi connectivity index (χ3n) is 3.30. The average molecular weight is 241 g/mol. The molecule has 0 heterocycles. The van der Waals surface area contributed by atoms with Gasteiger partial charge >= 0.3 is 6.09 Å². The van der Waals surface area contributed by atoms with Crippen LogP contribution < -0.4 is 0 Å². The van der Waals surface area contributed by atoms with Crippen molar-refractivity contribution in [2.45, 2.75) is 64.9 Å². The Bertz CT molecular complexity index is 239. The molecule has 17 heavy (non-hydrogen) atoms. The summed E-state index contributed by atoms with van der Waals surface area (Å²) in [5.41, 5.74) is -0.393. The molecule has 0 aromatic carbocycles. The summed E-state index contributed by atoms with van der Waals surface area (Å²) in [7, 11) is 1.83. The van der Waals surface area contributed by atoms with Crippen LogP contribution >= 0.6 is 0 Å². The van der Waals surface area contributed by atoms with E-state index < -0.39 is 5.60 Å². The molecule has 3 heteroatoms. The minimum atomic E-state index is -0.393. The molecule has 0 spiro atoms. The van der Waals surface area contributed by atoms with E-state index in [0.717, 1.165) is 18.9 Å². The standard InChI is InChI=1S/C14H27NO2/c1-14(2,3)17-13(16)15(4)11-10-12-8-6-5-7-9-12/h12H,5-11H2,1-4H3. The van der Waals surface area contributed by atoms with E-state index in [-0.39, 0.29) is 6.09 Å². The second kappa shape index (κ2) is 6.27. The van der Waals surface area contributed by atoms with E-state index in [1.54, 1.807) is 4.90 Å². The highest BCUT2D eigenvalue weighted by molar-refractivity contribution is 5.67. The lowest BCUT2D eigenvalue weighted by Crippen LogP contribution is -2.35. The second-order valence-corrected chi connectivity index (χ2v) is 6.19. The van der Waals surface area contributed by atoms with Gasteiger partial charge in [-0.2, -0.15) is 0 Å². The molecule has 0 atom stereocenters. The topological polar surface area (TPSA) is 29.5 Å². The molecule has 0 unspecified atom stereocenters. The fourth-order valence-corrected chi connectivity index (χ4v) is 2.28. The predicted molar refractivity (Wildman–Crippen MR) is 70.1 cm³/mol. The number of rotatable bonds is 3. The van der Waals surface area contributed by atoms with Crippen molar-refractivity contribution in [1.82, 2.24) is 4.90 Å². The Hall–Kier alpha value is -0.730. The zero-order valence-corrected chi connectivity index (χ0v) is 11.8. The second-order valence-electron chi connectivity index (χ2n) is 6.19. The molecule has 0 aromatic rings. The van der Waals surface area contributed by atoms with E-state index in [1.807, 2.05) is 27.8 Å². The molecule has 0 N–H and O–H groups in total. The van der Waals surface area contributed by atoms with E-state index in [9.17, 15) is 4.79 Å². The summed E-state index contributed by atoms with van der Waals surface area (Å²) in [6.07, 6.45) is 7.70. The van der Waals surface area contributed by atoms with Gasteiger partial charge in [-0.25, -0.2) is 4.79 Å². The molecule has 1 saturated carbocycles. The number of hydrogen-bond acceptors (Lipinski definition) is 2. The first-order valence-electron chi connectivity index (χ1n) is 6.82. The van der Waals surface area contributed by atoms with E-state index in [2.05, 4.69) is 0 Å². The van der Waals surface area contributed by atoms with Crippen LogP contribution in [0.1, 0.15) is 59.3 Å². The Balaban J connectivity index is 2.23. The zero-order chi connectivity index (χ0) is 12.9. The van der Waals surface area contributed by atoms with Gasteiger partial charge in [0, 0.05) is 13.6 Å². The van der Waals surface area contributed by atoms with Crippen LogP contribution in [-0.4, -0.2) is 30.2 Å². The van der Waals surface area contributed by atoms with Crippen molar-refractivity contribution in [1.29, 1.82) is 0 Å². The van der Waals surface area contributed by atoms with Crippen LogP contribution in [0.5, 0.6) is 0 Å². The number of carbonyl (C=O) groups excluding carboxylic acids is 1. The van der Waals surface area contributed by atoms with Gasteiger partial charge in [-0.05, 0) is 33.1 Å². The lowest BCUT2D eigenvalue weighted by Gasteiger charge is -2.27. The maximum Gasteiger partial charge on any atom is 0.410 e. The number of ether oxygens (including phenoxy) is 1. The van der Waals surface area contributed by atoms with Crippen molar-refractivity contribution < 1.29 is 9.53 Å². The Labute approximate surface area is 106 Å². The average Bonchev–Trinajstić information content (AvgIpc) is 2.25. The fourth-order valence-electron chi connectivity index (χ4n) is 2.28. The lowest BCUT2D eigenvalue weighted by atomic mass is 9.87. The molecular weight excluding hydrogens is 214 g/mol. The third kappa shape index (κ3) is 5.94. The first-order valence-corrected chi connectivity index (χ1v) is 6.82. The highest BCUT2D eigenvalue weighted by Crippen LogP contribution is 2.26. The molecule has 0 radical (unpaired) electrons. The summed E-state index contributed by atoms with van der Waals surface area (Å²) in [5.74, 6) is 0.814. The molecule has 0 saturated heterocycles. The maximum atomic E-state index is 11.7. The third-order valence-corrected chi connectivity index (χ3v) is 3.30. The molecule has 0 bridgehead atoms. The van der Waals surface area contributed by atoms with E-state index >= 15 is 0 Å². The van der Waals surface area contributed by atoms with Gasteiger partial charge in [0.1, 0.15) is 5.60 Å². The Morgan fingerprint density at radius 2 is 1.82 bits per heavy atom. The van der Waals surface area contributed by atoms with Crippen molar-refractivity contribution in [3.8, 4) is 0 Å². The Morgan fingerprint density at radius 3 is 2.35 bits per heavy atom. The summed E-state index contributed by atoms with van der Waals surface area (Å²) in [5, 5.41) is 0. The zero-order valence-electron chi connectivity index (χ0n) is 11.8. The van der Waals surface area contributed by atoms with Crippen LogP contribution in [0.15, 0.2) is 0 Å². The molecular formula is C14H27NO2. The lowest BCUT2D eigenvalue weighted by molar-refractivity contribution is 0.0287. The summed E-state index contributed by atoms with van der Waals surface area (Å²) in [6.45, 7) is 6.53. The van der Waals surface area contributed by atoms with Crippen LogP contribution in [0, 0.1) is 5.92 Å². The number of nitrogens with zero attached hydrogens (tertiary/aromatic N) is 1.